The molecular formula is C28H31BrN4O5S. The molecule has 11 heteroatoms. The van der Waals surface area contributed by atoms with E-state index in [0.717, 1.165) is 34.0 Å². The predicted octanol–water partition coefficient (Wildman–Crippen LogP) is 3.68. The van der Waals surface area contributed by atoms with E-state index in [0.29, 0.717) is 12.8 Å². The number of esters is 1. The number of amides is 1. The normalized spacial score (nSPS) is 19.3. The van der Waals surface area contributed by atoms with Gasteiger partial charge in [-0.15, -0.1) is 0 Å². The van der Waals surface area contributed by atoms with Gasteiger partial charge in [-0.2, -0.15) is 4.31 Å². The van der Waals surface area contributed by atoms with Gasteiger partial charge in [-0.25, -0.2) is 13.2 Å². The number of hydrogen-bond acceptors (Lipinski definition) is 7. The van der Waals surface area contributed by atoms with Crippen LogP contribution in [0.1, 0.15) is 19.8 Å². The Morgan fingerprint density at radius 3 is 2.38 bits per heavy atom. The number of carbonyl (C=O) groups is 2. The van der Waals surface area contributed by atoms with E-state index in [1.165, 1.54) is 9.21 Å². The van der Waals surface area contributed by atoms with Gasteiger partial charge in [0, 0.05) is 61.2 Å². The average molecular weight is 616 g/mol. The van der Waals surface area contributed by atoms with Crippen molar-refractivity contribution in [3.8, 4) is 0 Å². The Balaban J connectivity index is 1.32. The van der Waals surface area contributed by atoms with Crippen LogP contribution in [0.2, 0.25) is 0 Å². The van der Waals surface area contributed by atoms with Gasteiger partial charge in [-0.3, -0.25) is 9.78 Å². The Kier molecular flexibility index (Phi) is 8.20. The summed E-state index contributed by atoms with van der Waals surface area (Å²) in [5, 5.41) is 1.71. The van der Waals surface area contributed by atoms with E-state index in [4.69, 9.17) is 4.74 Å². The molecule has 2 fully saturated rings. The van der Waals surface area contributed by atoms with Crippen LogP contribution in [0.4, 0.5) is 5.69 Å². The van der Waals surface area contributed by atoms with Crippen LogP contribution in [0.5, 0.6) is 0 Å². The standard InChI is InChI=1S/C28H31BrN4O5S/c1-2-38-28(35)26-19-32(39(36,37)25-6-4-21-17-23(29)5-3-22(21)18-25)15-16-33(26)27(34)20-9-13-31(14-10-20)24-7-11-30-12-8-24/h3-8,11-12,17-18,20,26H,2,9-10,13-16,19H2,1H3. The van der Waals surface area contributed by atoms with Gasteiger partial charge in [0.1, 0.15) is 6.04 Å². The Hall–Kier alpha value is -3.02. The fourth-order valence-electron chi connectivity index (χ4n) is 5.36. The number of rotatable bonds is 6. The number of halogens is 1. The first-order chi connectivity index (χ1) is 18.8. The summed E-state index contributed by atoms with van der Waals surface area (Å²) in [5.41, 5.74) is 1.07. The third-order valence-electron chi connectivity index (χ3n) is 7.47. The summed E-state index contributed by atoms with van der Waals surface area (Å²) >= 11 is 3.44. The van der Waals surface area contributed by atoms with Gasteiger partial charge in [0.15, 0.2) is 0 Å². The SMILES string of the molecule is CCOC(=O)C1CN(S(=O)(=O)c2ccc3cc(Br)ccc3c2)CCN1C(=O)C1CCN(c2ccncc2)CC1. The van der Waals surface area contributed by atoms with Crippen molar-refractivity contribution < 1.29 is 22.7 Å². The van der Waals surface area contributed by atoms with Gasteiger partial charge in [-0.1, -0.05) is 28.1 Å². The average Bonchev–Trinajstić information content (AvgIpc) is 2.96. The second-order valence-corrected chi connectivity index (χ2v) is 12.6. The van der Waals surface area contributed by atoms with E-state index in [-0.39, 0.29) is 43.0 Å². The number of benzene rings is 2. The molecule has 2 saturated heterocycles. The first-order valence-corrected chi connectivity index (χ1v) is 15.3. The van der Waals surface area contributed by atoms with E-state index in [1.807, 2.05) is 30.3 Å². The van der Waals surface area contributed by atoms with E-state index in [2.05, 4.69) is 25.8 Å². The van der Waals surface area contributed by atoms with Gasteiger partial charge >= 0.3 is 5.97 Å². The molecule has 206 valence electrons. The van der Waals surface area contributed by atoms with E-state index < -0.39 is 22.0 Å². The maximum atomic E-state index is 13.6. The van der Waals surface area contributed by atoms with Crippen molar-refractivity contribution in [1.29, 1.82) is 0 Å². The Morgan fingerprint density at radius 1 is 0.974 bits per heavy atom. The summed E-state index contributed by atoms with van der Waals surface area (Å²) in [6.45, 7) is 3.39. The lowest BCUT2D eigenvalue weighted by Gasteiger charge is -2.42. The topological polar surface area (TPSA) is 100 Å². The number of carbonyl (C=O) groups excluding carboxylic acids is 2. The molecule has 0 radical (unpaired) electrons. The minimum atomic E-state index is -3.89. The molecule has 0 saturated carbocycles. The lowest BCUT2D eigenvalue weighted by Crippen LogP contribution is -2.61. The van der Waals surface area contributed by atoms with Crippen LogP contribution < -0.4 is 4.90 Å². The van der Waals surface area contributed by atoms with Crippen LogP contribution in [0.3, 0.4) is 0 Å². The fourth-order valence-corrected chi connectivity index (χ4v) is 7.21. The van der Waals surface area contributed by atoms with E-state index in [9.17, 15) is 18.0 Å². The number of anilines is 1. The first kappa shape index (κ1) is 27.5. The summed E-state index contributed by atoms with van der Waals surface area (Å²) in [4.78, 5) is 34.6. The molecule has 0 N–H and O–H groups in total. The van der Waals surface area contributed by atoms with Gasteiger partial charge in [0.05, 0.1) is 11.5 Å². The van der Waals surface area contributed by atoms with Crippen LogP contribution >= 0.6 is 15.9 Å². The van der Waals surface area contributed by atoms with Crippen LogP contribution in [0.15, 0.2) is 70.3 Å². The number of nitrogens with zero attached hydrogens (tertiary/aromatic N) is 4. The summed E-state index contributed by atoms with van der Waals surface area (Å²) in [7, 11) is -3.89. The third-order valence-corrected chi connectivity index (χ3v) is 9.82. The number of piperidine rings is 1. The number of sulfonamides is 1. The smallest absolute Gasteiger partial charge is 0.330 e. The molecule has 5 rings (SSSR count). The van der Waals surface area contributed by atoms with E-state index >= 15 is 0 Å². The molecule has 0 bridgehead atoms. The Labute approximate surface area is 236 Å². The number of fused-ring (bicyclic) bond motifs is 1. The molecule has 0 aliphatic carbocycles. The largest absolute Gasteiger partial charge is 0.464 e. The maximum absolute atomic E-state index is 13.6. The van der Waals surface area contributed by atoms with Gasteiger partial charge in [-0.05, 0) is 66.9 Å². The Morgan fingerprint density at radius 2 is 1.67 bits per heavy atom. The number of aromatic nitrogens is 1. The van der Waals surface area contributed by atoms with Crippen molar-refractivity contribution in [3.63, 3.8) is 0 Å². The lowest BCUT2D eigenvalue weighted by atomic mass is 9.94. The second-order valence-electron chi connectivity index (χ2n) is 9.78. The summed E-state index contributed by atoms with van der Waals surface area (Å²) in [6.07, 6.45) is 4.81. The molecule has 3 aromatic rings. The monoisotopic (exact) mass is 614 g/mol. The highest BCUT2D eigenvalue weighted by atomic mass is 79.9. The highest BCUT2D eigenvalue weighted by Crippen LogP contribution is 2.29. The molecule has 2 aliphatic rings. The lowest BCUT2D eigenvalue weighted by molar-refractivity contribution is -0.158. The minimum Gasteiger partial charge on any atom is -0.464 e. The first-order valence-electron chi connectivity index (χ1n) is 13.1. The number of pyridine rings is 1. The molecule has 9 nitrogen and oxygen atoms in total. The maximum Gasteiger partial charge on any atom is 0.330 e. The highest BCUT2D eigenvalue weighted by molar-refractivity contribution is 9.10. The highest BCUT2D eigenvalue weighted by Gasteiger charge is 2.42. The molecule has 2 aliphatic heterocycles. The minimum absolute atomic E-state index is 0.109. The van der Waals surface area contributed by atoms with Crippen molar-refractivity contribution in [1.82, 2.24) is 14.2 Å². The zero-order chi connectivity index (χ0) is 27.6. The molecule has 1 aromatic heterocycles. The number of ether oxygens (including phenoxy) is 1. The van der Waals surface area contributed by atoms with Crippen LogP contribution in [-0.4, -0.2) is 79.9 Å². The summed E-state index contributed by atoms with van der Waals surface area (Å²) in [5.74, 6) is -0.929. The number of piperazine rings is 1. The van der Waals surface area contributed by atoms with Crippen molar-refractivity contribution >= 4 is 54.3 Å². The van der Waals surface area contributed by atoms with Crippen molar-refractivity contribution in [2.45, 2.75) is 30.7 Å². The quantitative estimate of drug-likeness (QED) is 0.390. The van der Waals surface area contributed by atoms with Crippen LogP contribution in [0, 0.1) is 5.92 Å². The molecule has 1 atom stereocenters. The third kappa shape index (κ3) is 5.80. The molecule has 3 heterocycles. The molecule has 2 aromatic carbocycles. The van der Waals surface area contributed by atoms with Crippen molar-refractivity contribution in [2.75, 3.05) is 44.2 Å². The van der Waals surface area contributed by atoms with Gasteiger partial charge in [0.2, 0.25) is 15.9 Å². The van der Waals surface area contributed by atoms with Gasteiger partial charge in [0.25, 0.3) is 0 Å². The molecule has 39 heavy (non-hydrogen) atoms. The summed E-state index contributed by atoms with van der Waals surface area (Å²) < 4.78 is 34.7. The zero-order valence-electron chi connectivity index (χ0n) is 21.7. The van der Waals surface area contributed by atoms with Crippen LogP contribution in [0.25, 0.3) is 10.8 Å². The molecular weight excluding hydrogens is 584 g/mol. The fraction of sp³-hybridized carbons (Fsp3) is 0.393. The van der Waals surface area contributed by atoms with Gasteiger partial charge < -0.3 is 14.5 Å². The molecule has 0 spiro atoms. The van der Waals surface area contributed by atoms with Crippen molar-refractivity contribution in [3.05, 3.63) is 65.4 Å². The Bertz CT molecular complexity index is 1460. The van der Waals surface area contributed by atoms with Crippen LogP contribution in [-0.2, 0) is 24.3 Å². The summed E-state index contributed by atoms with van der Waals surface area (Å²) in [6, 6.07) is 13.6. The molecule has 1 amide bonds. The second kappa shape index (κ2) is 11.6. The van der Waals surface area contributed by atoms with E-state index in [1.54, 1.807) is 37.5 Å². The zero-order valence-corrected chi connectivity index (χ0v) is 24.1. The molecule has 1 unspecified atom stereocenters. The number of hydrogen-bond donors (Lipinski definition) is 0. The van der Waals surface area contributed by atoms with Crippen molar-refractivity contribution in [2.24, 2.45) is 5.92 Å². The predicted molar refractivity (Wildman–Crippen MR) is 152 cm³/mol.